The first-order valence-corrected chi connectivity index (χ1v) is 7.31. The third-order valence-electron chi connectivity index (χ3n) is 3.54. The topological polar surface area (TPSA) is 57.6 Å². The minimum Gasteiger partial charge on any atom is -0.481 e. The molecule has 1 aromatic rings. The number of aliphatic carboxylic acids is 1. The van der Waals surface area contributed by atoms with E-state index in [1.165, 1.54) is 0 Å². The Morgan fingerprint density at radius 3 is 2.19 bits per heavy atom. The summed E-state index contributed by atoms with van der Waals surface area (Å²) in [6.07, 6.45) is 0. The molecule has 4 heteroatoms. The number of hydrogen-bond acceptors (Lipinski definition) is 2. The summed E-state index contributed by atoms with van der Waals surface area (Å²) in [7, 11) is 0. The Bertz CT molecular complexity index is 523. The van der Waals surface area contributed by atoms with E-state index in [4.69, 9.17) is 5.11 Å². The van der Waals surface area contributed by atoms with E-state index in [0.717, 1.165) is 11.1 Å². The molecule has 116 valence electrons. The van der Waals surface area contributed by atoms with Crippen LogP contribution in [0, 0.1) is 25.7 Å². The smallest absolute Gasteiger partial charge is 0.308 e. The van der Waals surface area contributed by atoms with Crippen molar-refractivity contribution in [3.05, 3.63) is 34.9 Å². The molecule has 0 spiro atoms. The monoisotopic (exact) mass is 291 g/mol. The molecule has 1 atom stereocenters. The summed E-state index contributed by atoms with van der Waals surface area (Å²) >= 11 is 0. The Balaban J connectivity index is 2.98. The van der Waals surface area contributed by atoms with Gasteiger partial charge in [0.1, 0.15) is 0 Å². The lowest BCUT2D eigenvalue weighted by Crippen LogP contribution is -2.39. The highest BCUT2D eigenvalue weighted by Gasteiger charge is 2.22. The fourth-order valence-corrected chi connectivity index (χ4v) is 2.15. The number of hydrogen-bond donors (Lipinski definition) is 1. The van der Waals surface area contributed by atoms with Gasteiger partial charge in [0, 0.05) is 18.7 Å². The first-order chi connectivity index (χ1) is 9.72. The van der Waals surface area contributed by atoms with Gasteiger partial charge in [0.15, 0.2) is 0 Å². The van der Waals surface area contributed by atoms with E-state index in [0.29, 0.717) is 18.0 Å². The Kier molecular flexibility index (Phi) is 5.94. The van der Waals surface area contributed by atoms with Gasteiger partial charge in [-0.1, -0.05) is 26.8 Å². The van der Waals surface area contributed by atoms with Crippen molar-refractivity contribution in [3.63, 3.8) is 0 Å². The molecule has 0 bridgehead atoms. The Labute approximate surface area is 126 Å². The van der Waals surface area contributed by atoms with Gasteiger partial charge >= 0.3 is 5.97 Å². The van der Waals surface area contributed by atoms with Crippen LogP contribution in [0.15, 0.2) is 18.2 Å². The molecule has 1 rings (SSSR count). The van der Waals surface area contributed by atoms with Crippen molar-refractivity contribution >= 4 is 11.9 Å². The lowest BCUT2D eigenvalue weighted by molar-refractivity contribution is -0.141. The molecule has 0 fully saturated rings. The summed E-state index contributed by atoms with van der Waals surface area (Å²) in [6.45, 7) is 10.4. The van der Waals surface area contributed by atoms with E-state index in [1.807, 2.05) is 45.9 Å². The predicted octanol–water partition coefficient (Wildman–Crippen LogP) is 3.12. The Morgan fingerprint density at radius 1 is 1.10 bits per heavy atom. The summed E-state index contributed by atoms with van der Waals surface area (Å²) in [5.74, 6) is -1.25. The van der Waals surface area contributed by atoms with Crippen molar-refractivity contribution in [2.45, 2.75) is 34.6 Å². The Morgan fingerprint density at radius 2 is 1.71 bits per heavy atom. The zero-order valence-electron chi connectivity index (χ0n) is 13.5. The largest absolute Gasteiger partial charge is 0.481 e. The van der Waals surface area contributed by atoms with Crippen LogP contribution in [0.4, 0.5) is 0 Å². The van der Waals surface area contributed by atoms with Gasteiger partial charge in [0.25, 0.3) is 5.91 Å². The third-order valence-corrected chi connectivity index (χ3v) is 3.54. The van der Waals surface area contributed by atoms with Gasteiger partial charge in [-0.05, 0) is 43.0 Å². The highest BCUT2D eigenvalue weighted by molar-refractivity contribution is 5.94. The highest BCUT2D eigenvalue weighted by Crippen LogP contribution is 2.14. The van der Waals surface area contributed by atoms with Gasteiger partial charge in [-0.15, -0.1) is 0 Å². The molecule has 0 saturated carbocycles. The summed E-state index contributed by atoms with van der Waals surface area (Å²) in [5, 5.41) is 9.06. The van der Waals surface area contributed by atoms with Crippen molar-refractivity contribution in [2.24, 2.45) is 11.8 Å². The number of carboxylic acids is 1. The van der Waals surface area contributed by atoms with Crippen LogP contribution in [0.5, 0.6) is 0 Å². The number of amides is 1. The molecule has 0 aliphatic carbocycles. The van der Waals surface area contributed by atoms with E-state index in [1.54, 1.807) is 11.8 Å². The van der Waals surface area contributed by atoms with Crippen LogP contribution in [0.25, 0.3) is 0 Å². The van der Waals surface area contributed by atoms with Gasteiger partial charge in [0.2, 0.25) is 0 Å². The summed E-state index contributed by atoms with van der Waals surface area (Å²) < 4.78 is 0. The molecule has 0 aliphatic rings. The fourth-order valence-electron chi connectivity index (χ4n) is 2.15. The number of rotatable bonds is 6. The summed E-state index contributed by atoms with van der Waals surface area (Å²) in [5.41, 5.74) is 2.83. The van der Waals surface area contributed by atoms with Crippen LogP contribution >= 0.6 is 0 Å². The van der Waals surface area contributed by atoms with Crippen LogP contribution in [0.2, 0.25) is 0 Å². The Hall–Kier alpha value is -1.84. The number of carboxylic acid groups (broad SMARTS) is 1. The van der Waals surface area contributed by atoms with E-state index < -0.39 is 11.9 Å². The molecule has 0 radical (unpaired) electrons. The number of carbonyl (C=O) groups excluding carboxylic acids is 1. The molecule has 1 aromatic carbocycles. The number of carbonyl (C=O) groups is 2. The quantitative estimate of drug-likeness (QED) is 0.876. The lowest BCUT2D eigenvalue weighted by Gasteiger charge is -2.26. The van der Waals surface area contributed by atoms with Gasteiger partial charge < -0.3 is 10.0 Å². The normalized spacial score (nSPS) is 12.3. The van der Waals surface area contributed by atoms with Crippen LogP contribution in [0.3, 0.4) is 0 Å². The predicted molar refractivity (Wildman–Crippen MR) is 83.5 cm³/mol. The molecule has 0 aliphatic heterocycles. The molecule has 1 N–H and O–H groups in total. The van der Waals surface area contributed by atoms with Gasteiger partial charge in [-0.3, -0.25) is 9.59 Å². The van der Waals surface area contributed by atoms with Crippen molar-refractivity contribution in [1.29, 1.82) is 0 Å². The fraction of sp³-hybridized carbons (Fsp3) is 0.529. The number of nitrogens with zero attached hydrogens (tertiary/aromatic N) is 1. The molecule has 1 amide bonds. The van der Waals surface area contributed by atoms with Crippen molar-refractivity contribution in [1.82, 2.24) is 4.90 Å². The maximum Gasteiger partial charge on any atom is 0.308 e. The highest BCUT2D eigenvalue weighted by atomic mass is 16.4. The number of benzene rings is 1. The molecule has 4 nitrogen and oxygen atoms in total. The van der Waals surface area contributed by atoms with E-state index in [9.17, 15) is 9.59 Å². The van der Waals surface area contributed by atoms with Crippen molar-refractivity contribution in [2.75, 3.05) is 13.1 Å². The zero-order valence-corrected chi connectivity index (χ0v) is 13.5. The van der Waals surface area contributed by atoms with E-state index in [-0.39, 0.29) is 12.5 Å². The third kappa shape index (κ3) is 4.88. The second-order valence-corrected chi connectivity index (χ2v) is 6.14. The molecule has 0 aromatic heterocycles. The van der Waals surface area contributed by atoms with Crippen LogP contribution in [-0.4, -0.2) is 35.0 Å². The van der Waals surface area contributed by atoms with Crippen LogP contribution < -0.4 is 0 Å². The van der Waals surface area contributed by atoms with E-state index in [2.05, 4.69) is 0 Å². The summed E-state index contributed by atoms with van der Waals surface area (Å²) in [4.78, 5) is 25.3. The maximum absolute atomic E-state index is 12.6. The number of aryl methyl sites for hydroxylation is 2. The van der Waals surface area contributed by atoms with Gasteiger partial charge in [0.05, 0.1) is 5.92 Å². The maximum atomic E-state index is 12.6. The SMILES string of the molecule is Cc1ccc(C(=O)N(CC(C)C)CC(C)C(=O)O)cc1C. The second kappa shape index (κ2) is 7.25. The van der Waals surface area contributed by atoms with Gasteiger partial charge in [-0.2, -0.15) is 0 Å². The minimum atomic E-state index is -0.878. The first-order valence-electron chi connectivity index (χ1n) is 7.31. The van der Waals surface area contributed by atoms with Crippen molar-refractivity contribution in [3.8, 4) is 0 Å². The lowest BCUT2D eigenvalue weighted by atomic mass is 10.0. The van der Waals surface area contributed by atoms with Crippen LogP contribution in [-0.2, 0) is 4.79 Å². The molecular weight excluding hydrogens is 266 g/mol. The summed E-state index contributed by atoms with van der Waals surface area (Å²) in [6, 6.07) is 5.61. The zero-order chi connectivity index (χ0) is 16.2. The van der Waals surface area contributed by atoms with E-state index >= 15 is 0 Å². The first kappa shape index (κ1) is 17.2. The second-order valence-electron chi connectivity index (χ2n) is 6.14. The van der Waals surface area contributed by atoms with Gasteiger partial charge in [-0.25, -0.2) is 0 Å². The van der Waals surface area contributed by atoms with Crippen LogP contribution in [0.1, 0.15) is 42.3 Å². The molecule has 21 heavy (non-hydrogen) atoms. The average molecular weight is 291 g/mol. The average Bonchev–Trinajstić information content (AvgIpc) is 2.39. The molecular formula is C17H25NO3. The molecule has 0 heterocycles. The standard InChI is InChI=1S/C17H25NO3/c1-11(2)9-18(10-14(5)17(20)21)16(19)15-7-6-12(3)13(4)8-15/h6-8,11,14H,9-10H2,1-5H3,(H,20,21). The van der Waals surface area contributed by atoms with Crippen molar-refractivity contribution < 1.29 is 14.7 Å². The minimum absolute atomic E-state index is 0.0973. The molecule has 1 unspecified atom stereocenters. The molecule has 0 saturated heterocycles.